The minimum Gasteiger partial charge on any atom is -0.392 e. The SMILES string of the molecule is CCN(CC(C)C)S(=O)(=O)c1ccc(CO)cc1F. The van der Waals surface area contributed by atoms with Gasteiger partial charge in [-0.3, -0.25) is 0 Å². The summed E-state index contributed by atoms with van der Waals surface area (Å²) >= 11 is 0. The van der Waals surface area contributed by atoms with Gasteiger partial charge in [0.05, 0.1) is 6.61 Å². The summed E-state index contributed by atoms with van der Waals surface area (Å²) in [6.07, 6.45) is 0. The molecule has 1 aromatic carbocycles. The fourth-order valence-corrected chi connectivity index (χ4v) is 3.45. The van der Waals surface area contributed by atoms with Crippen molar-refractivity contribution in [3.63, 3.8) is 0 Å². The van der Waals surface area contributed by atoms with E-state index in [-0.39, 0.29) is 17.4 Å². The summed E-state index contributed by atoms with van der Waals surface area (Å²) in [5, 5.41) is 8.90. The first kappa shape index (κ1) is 16.1. The highest BCUT2D eigenvalue weighted by Gasteiger charge is 2.26. The fraction of sp³-hybridized carbons (Fsp3) is 0.538. The first-order valence-corrected chi connectivity index (χ1v) is 7.66. The van der Waals surface area contributed by atoms with Gasteiger partial charge in [-0.2, -0.15) is 4.31 Å². The number of rotatable bonds is 6. The van der Waals surface area contributed by atoms with Crippen LogP contribution in [-0.2, 0) is 16.6 Å². The van der Waals surface area contributed by atoms with E-state index in [4.69, 9.17) is 5.11 Å². The van der Waals surface area contributed by atoms with Crippen LogP contribution in [0.1, 0.15) is 26.3 Å². The van der Waals surface area contributed by atoms with Gasteiger partial charge in [-0.1, -0.05) is 26.8 Å². The van der Waals surface area contributed by atoms with Gasteiger partial charge in [-0.15, -0.1) is 0 Å². The molecule has 0 aliphatic carbocycles. The van der Waals surface area contributed by atoms with Gasteiger partial charge in [0.2, 0.25) is 10.0 Å². The predicted molar refractivity (Wildman–Crippen MR) is 71.6 cm³/mol. The molecule has 1 N–H and O–H groups in total. The first-order valence-electron chi connectivity index (χ1n) is 6.22. The molecule has 0 saturated carbocycles. The van der Waals surface area contributed by atoms with Crippen LogP contribution in [0, 0.1) is 11.7 Å². The molecule has 0 bridgehead atoms. The molecule has 0 fully saturated rings. The number of nitrogens with zero attached hydrogens (tertiary/aromatic N) is 1. The lowest BCUT2D eigenvalue weighted by Gasteiger charge is -2.22. The van der Waals surface area contributed by atoms with Crippen molar-refractivity contribution in [2.24, 2.45) is 5.92 Å². The minimum absolute atomic E-state index is 0.162. The molecular formula is C13H20FNO3S. The van der Waals surface area contributed by atoms with Gasteiger partial charge in [-0.05, 0) is 23.6 Å². The molecule has 0 aromatic heterocycles. The Balaban J connectivity index is 3.18. The Hall–Kier alpha value is -0.980. The Morgan fingerprint density at radius 1 is 1.37 bits per heavy atom. The first-order chi connectivity index (χ1) is 8.82. The lowest BCUT2D eigenvalue weighted by atomic mass is 10.2. The van der Waals surface area contributed by atoms with Gasteiger partial charge >= 0.3 is 0 Å². The number of halogens is 1. The van der Waals surface area contributed by atoms with Gasteiger partial charge in [-0.25, -0.2) is 12.8 Å². The smallest absolute Gasteiger partial charge is 0.245 e. The molecule has 0 spiro atoms. The van der Waals surface area contributed by atoms with Crippen LogP contribution >= 0.6 is 0 Å². The maximum absolute atomic E-state index is 13.8. The van der Waals surface area contributed by atoms with Crippen LogP contribution in [0.15, 0.2) is 23.1 Å². The number of aliphatic hydroxyl groups is 1. The molecule has 108 valence electrons. The van der Waals surface area contributed by atoms with E-state index in [1.54, 1.807) is 6.92 Å². The molecule has 0 radical (unpaired) electrons. The molecule has 0 saturated heterocycles. The molecule has 0 atom stereocenters. The van der Waals surface area contributed by atoms with E-state index in [2.05, 4.69) is 0 Å². The molecule has 0 unspecified atom stereocenters. The third-order valence-corrected chi connectivity index (χ3v) is 4.69. The van der Waals surface area contributed by atoms with E-state index in [0.29, 0.717) is 18.7 Å². The van der Waals surface area contributed by atoms with Gasteiger partial charge in [0.1, 0.15) is 10.7 Å². The minimum atomic E-state index is -3.83. The quantitative estimate of drug-likeness (QED) is 0.871. The highest BCUT2D eigenvalue weighted by Crippen LogP contribution is 2.21. The molecule has 0 amide bonds. The third kappa shape index (κ3) is 3.75. The zero-order valence-corrected chi connectivity index (χ0v) is 12.2. The predicted octanol–water partition coefficient (Wildman–Crippen LogP) is 1.98. The van der Waals surface area contributed by atoms with Crippen molar-refractivity contribution in [3.05, 3.63) is 29.6 Å². The van der Waals surface area contributed by atoms with Crippen molar-refractivity contribution in [2.45, 2.75) is 32.3 Å². The van der Waals surface area contributed by atoms with Crippen LogP contribution in [0.3, 0.4) is 0 Å². The van der Waals surface area contributed by atoms with Crippen molar-refractivity contribution >= 4 is 10.0 Å². The average molecular weight is 289 g/mol. The molecule has 0 heterocycles. The normalized spacial score (nSPS) is 12.4. The lowest BCUT2D eigenvalue weighted by Crippen LogP contribution is -2.34. The Kier molecular flexibility index (Phi) is 5.46. The molecule has 4 nitrogen and oxygen atoms in total. The third-order valence-electron chi connectivity index (χ3n) is 2.72. The van der Waals surface area contributed by atoms with Crippen LogP contribution in [0.2, 0.25) is 0 Å². The van der Waals surface area contributed by atoms with Crippen molar-refractivity contribution in [3.8, 4) is 0 Å². The van der Waals surface area contributed by atoms with Gasteiger partial charge < -0.3 is 5.11 Å². The number of hydrogen-bond acceptors (Lipinski definition) is 3. The summed E-state index contributed by atoms with van der Waals surface area (Å²) in [5.74, 6) is -0.664. The molecule has 1 rings (SSSR count). The van der Waals surface area contributed by atoms with Crippen molar-refractivity contribution < 1.29 is 17.9 Å². The highest BCUT2D eigenvalue weighted by molar-refractivity contribution is 7.89. The standard InChI is InChI=1S/C13H20FNO3S/c1-4-15(8-10(2)3)19(17,18)13-6-5-11(9-16)7-12(13)14/h5-7,10,16H,4,8-9H2,1-3H3. The summed E-state index contributed by atoms with van der Waals surface area (Å²) < 4.78 is 39.8. The molecular weight excluding hydrogens is 269 g/mol. The summed E-state index contributed by atoms with van der Waals surface area (Å²) in [6, 6.07) is 3.68. The van der Waals surface area contributed by atoms with Crippen LogP contribution in [-0.4, -0.2) is 30.9 Å². The number of sulfonamides is 1. The monoisotopic (exact) mass is 289 g/mol. The molecule has 6 heteroatoms. The Morgan fingerprint density at radius 2 is 2.00 bits per heavy atom. The van der Waals surface area contributed by atoms with E-state index in [0.717, 1.165) is 6.07 Å². The van der Waals surface area contributed by atoms with E-state index < -0.39 is 15.8 Å². The Labute approximate surface area is 113 Å². The van der Waals surface area contributed by atoms with E-state index in [9.17, 15) is 12.8 Å². The maximum Gasteiger partial charge on any atom is 0.245 e. The number of hydrogen-bond donors (Lipinski definition) is 1. The highest BCUT2D eigenvalue weighted by atomic mass is 32.2. The van der Waals surface area contributed by atoms with Gasteiger partial charge in [0, 0.05) is 13.1 Å². The van der Waals surface area contributed by atoms with Crippen LogP contribution in [0.25, 0.3) is 0 Å². The van der Waals surface area contributed by atoms with Crippen LogP contribution in [0.4, 0.5) is 4.39 Å². The van der Waals surface area contributed by atoms with E-state index in [1.165, 1.54) is 16.4 Å². The van der Waals surface area contributed by atoms with E-state index in [1.807, 2.05) is 13.8 Å². The van der Waals surface area contributed by atoms with Crippen molar-refractivity contribution in [2.75, 3.05) is 13.1 Å². The topological polar surface area (TPSA) is 57.6 Å². The number of aliphatic hydroxyl groups excluding tert-OH is 1. The zero-order chi connectivity index (χ0) is 14.6. The Morgan fingerprint density at radius 3 is 2.42 bits per heavy atom. The largest absolute Gasteiger partial charge is 0.392 e. The summed E-state index contributed by atoms with van der Waals surface area (Å²) in [5.41, 5.74) is 0.350. The lowest BCUT2D eigenvalue weighted by molar-refractivity contribution is 0.281. The van der Waals surface area contributed by atoms with Gasteiger partial charge in [0.15, 0.2) is 0 Å². The molecule has 0 aliphatic heterocycles. The molecule has 1 aromatic rings. The second-order valence-corrected chi connectivity index (χ2v) is 6.68. The summed E-state index contributed by atoms with van der Waals surface area (Å²) in [4.78, 5) is -0.341. The fourth-order valence-electron chi connectivity index (χ4n) is 1.80. The average Bonchev–Trinajstić information content (AvgIpc) is 2.34. The van der Waals surface area contributed by atoms with Crippen molar-refractivity contribution in [1.29, 1.82) is 0 Å². The molecule has 0 aliphatic rings. The zero-order valence-electron chi connectivity index (χ0n) is 11.4. The molecule has 19 heavy (non-hydrogen) atoms. The van der Waals surface area contributed by atoms with Crippen LogP contribution in [0.5, 0.6) is 0 Å². The van der Waals surface area contributed by atoms with Gasteiger partial charge in [0.25, 0.3) is 0 Å². The van der Waals surface area contributed by atoms with Crippen molar-refractivity contribution in [1.82, 2.24) is 4.31 Å². The maximum atomic E-state index is 13.8. The Bertz CT molecular complexity index is 529. The number of benzene rings is 1. The van der Waals surface area contributed by atoms with Crippen LogP contribution < -0.4 is 0 Å². The summed E-state index contributed by atoms with van der Waals surface area (Å²) in [7, 11) is -3.83. The second-order valence-electron chi connectivity index (χ2n) is 4.77. The summed E-state index contributed by atoms with van der Waals surface area (Å²) in [6.45, 7) is 5.86. The second kappa shape index (κ2) is 6.45. The van der Waals surface area contributed by atoms with E-state index >= 15 is 0 Å².